The summed E-state index contributed by atoms with van der Waals surface area (Å²) in [5, 5.41) is 3.09. The standard InChI is InChI=1S/C26H30N2O4/c1-31-21-7-8-22(23(15-21)32-2)27-25(30)26(28-12-10-24(28)29)11-9-19-13-17-5-3-4-6-18(17)14-20(19)16-26/h3-8,15,19-20H,9-14,16H2,1-2H3,(H,27,30). The van der Waals surface area contributed by atoms with E-state index < -0.39 is 5.54 Å². The van der Waals surface area contributed by atoms with Gasteiger partial charge in [-0.2, -0.15) is 0 Å². The van der Waals surface area contributed by atoms with Gasteiger partial charge >= 0.3 is 0 Å². The lowest BCUT2D eigenvalue weighted by Crippen LogP contribution is -2.66. The molecule has 3 atom stereocenters. The van der Waals surface area contributed by atoms with E-state index in [0.717, 1.165) is 19.3 Å². The molecule has 1 saturated carbocycles. The third kappa shape index (κ3) is 3.42. The van der Waals surface area contributed by atoms with Gasteiger partial charge in [0.15, 0.2) is 0 Å². The fourth-order valence-corrected chi connectivity index (χ4v) is 5.87. The van der Waals surface area contributed by atoms with Crippen LogP contribution >= 0.6 is 0 Å². The van der Waals surface area contributed by atoms with Crippen LogP contribution in [0.4, 0.5) is 5.69 Å². The molecule has 2 amide bonds. The number of rotatable bonds is 5. The molecule has 2 fully saturated rings. The minimum absolute atomic E-state index is 0.0801. The van der Waals surface area contributed by atoms with E-state index in [1.54, 1.807) is 32.4 Å². The van der Waals surface area contributed by atoms with Gasteiger partial charge in [-0.15, -0.1) is 0 Å². The fraction of sp³-hybridized carbons (Fsp3) is 0.462. The van der Waals surface area contributed by atoms with Crippen LogP contribution in [0.5, 0.6) is 11.5 Å². The van der Waals surface area contributed by atoms with E-state index >= 15 is 0 Å². The molecule has 32 heavy (non-hydrogen) atoms. The number of anilines is 1. The number of β-lactam (4-membered cyclic amide) rings is 1. The maximum Gasteiger partial charge on any atom is 0.250 e. The Morgan fingerprint density at radius 1 is 1.06 bits per heavy atom. The van der Waals surface area contributed by atoms with Crippen LogP contribution in [-0.4, -0.2) is 43.0 Å². The highest BCUT2D eigenvalue weighted by Gasteiger charge is 2.54. The van der Waals surface area contributed by atoms with E-state index in [2.05, 4.69) is 29.6 Å². The van der Waals surface area contributed by atoms with Crippen molar-refractivity contribution in [1.82, 2.24) is 4.90 Å². The van der Waals surface area contributed by atoms with Crippen LogP contribution < -0.4 is 14.8 Å². The normalized spacial score (nSPS) is 26.4. The van der Waals surface area contributed by atoms with Gasteiger partial charge in [-0.25, -0.2) is 0 Å². The molecule has 3 aliphatic rings. The maximum atomic E-state index is 13.8. The highest BCUT2D eigenvalue weighted by molar-refractivity contribution is 6.02. The second-order valence-electron chi connectivity index (χ2n) is 9.29. The Kier molecular flexibility index (Phi) is 5.31. The predicted octanol–water partition coefficient (Wildman–Crippen LogP) is 3.83. The molecule has 0 radical (unpaired) electrons. The van der Waals surface area contributed by atoms with Gasteiger partial charge < -0.3 is 19.7 Å². The zero-order valence-electron chi connectivity index (χ0n) is 18.7. The van der Waals surface area contributed by atoms with Gasteiger partial charge in [0.1, 0.15) is 17.0 Å². The number of hydrogen-bond donors (Lipinski definition) is 1. The number of amides is 2. The van der Waals surface area contributed by atoms with Gasteiger partial charge in [0.2, 0.25) is 11.8 Å². The second kappa shape index (κ2) is 8.15. The van der Waals surface area contributed by atoms with Crippen molar-refractivity contribution in [3.63, 3.8) is 0 Å². The molecule has 168 valence electrons. The predicted molar refractivity (Wildman–Crippen MR) is 122 cm³/mol. The molecule has 2 aliphatic carbocycles. The number of ether oxygens (including phenoxy) is 2. The Balaban J connectivity index is 1.44. The summed E-state index contributed by atoms with van der Waals surface area (Å²) in [6.45, 7) is 0.653. The lowest BCUT2D eigenvalue weighted by molar-refractivity contribution is -0.159. The number of likely N-dealkylation sites (tertiary alicyclic amines) is 1. The number of nitrogens with zero attached hydrogens (tertiary/aromatic N) is 1. The molecule has 2 aromatic carbocycles. The molecule has 1 aliphatic heterocycles. The highest BCUT2D eigenvalue weighted by Crippen LogP contribution is 2.48. The van der Waals surface area contributed by atoms with Crippen molar-refractivity contribution in [2.75, 3.05) is 26.1 Å². The first-order chi connectivity index (χ1) is 15.5. The van der Waals surface area contributed by atoms with E-state index in [0.29, 0.717) is 54.8 Å². The van der Waals surface area contributed by atoms with E-state index in [4.69, 9.17) is 9.47 Å². The van der Waals surface area contributed by atoms with Gasteiger partial charge in [0, 0.05) is 19.0 Å². The summed E-state index contributed by atoms with van der Waals surface area (Å²) in [5.41, 5.74) is 2.63. The van der Waals surface area contributed by atoms with E-state index in [-0.39, 0.29) is 11.8 Å². The molecular formula is C26H30N2O4. The van der Waals surface area contributed by atoms with Gasteiger partial charge in [-0.3, -0.25) is 9.59 Å². The Morgan fingerprint density at radius 2 is 1.81 bits per heavy atom. The van der Waals surface area contributed by atoms with Crippen molar-refractivity contribution >= 4 is 17.5 Å². The zero-order valence-corrected chi connectivity index (χ0v) is 18.7. The molecule has 3 unspecified atom stereocenters. The third-order valence-electron chi connectivity index (χ3n) is 7.72. The number of benzene rings is 2. The Bertz CT molecular complexity index is 1050. The first-order valence-corrected chi connectivity index (χ1v) is 11.4. The fourth-order valence-electron chi connectivity index (χ4n) is 5.87. The maximum absolute atomic E-state index is 13.8. The molecule has 5 rings (SSSR count). The average Bonchev–Trinajstić information content (AvgIpc) is 2.81. The first kappa shape index (κ1) is 20.9. The first-order valence-electron chi connectivity index (χ1n) is 11.4. The summed E-state index contributed by atoms with van der Waals surface area (Å²) in [5.74, 6) is 2.15. The number of carbonyl (C=O) groups excluding carboxylic acids is 2. The summed E-state index contributed by atoms with van der Waals surface area (Å²) in [4.78, 5) is 28.2. The minimum atomic E-state index is -0.798. The molecule has 1 heterocycles. The molecule has 1 N–H and O–H groups in total. The van der Waals surface area contributed by atoms with Crippen LogP contribution in [0.2, 0.25) is 0 Å². The van der Waals surface area contributed by atoms with Crippen LogP contribution in [0.15, 0.2) is 42.5 Å². The van der Waals surface area contributed by atoms with E-state index in [1.807, 2.05) is 4.90 Å². The number of methoxy groups -OCH3 is 2. The minimum Gasteiger partial charge on any atom is -0.497 e. The number of hydrogen-bond acceptors (Lipinski definition) is 4. The molecular weight excluding hydrogens is 404 g/mol. The van der Waals surface area contributed by atoms with Crippen molar-refractivity contribution in [3.8, 4) is 11.5 Å². The number of fused-ring (bicyclic) bond motifs is 2. The molecule has 6 nitrogen and oxygen atoms in total. The Hall–Kier alpha value is -3.02. The molecule has 0 bridgehead atoms. The van der Waals surface area contributed by atoms with E-state index in [9.17, 15) is 9.59 Å². The van der Waals surface area contributed by atoms with Crippen molar-refractivity contribution in [2.24, 2.45) is 11.8 Å². The summed E-state index contributed by atoms with van der Waals surface area (Å²) in [7, 11) is 3.17. The van der Waals surface area contributed by atoms with Crippen LogP contribution in [0.25, 0.3) is 0 Å². The molecule has 1 saturated heterocycles. The SMILES string of the molecule is COc1ccc(NC(=O)C2(N3CCC3=O)CCC3Cc4ccccc4CC3C2)c(OC)c1. The second-order valence-corrected chi connectivity index (χ2v) is 9.29. The lowest BCUT2D eigenvalue weighted by atomic mass is 9.62. The third-order valence-corrected chi connectivity index (χ3v) is 7.72. The average molecular weight is 435 g/mol. The van der Waals surface area contributed by atoms with Gasteiger partial charge in [-0.05, 0) is 67.2 Å². The molecule has 0 spiro atoms. The largest absolute Gasteiger partial charge is 0.497 e. The highest BCUT2D eigenvalue weighted by atomic mass is 16.5. The van der Waals surface area contributed by atoms with Crippen molar-refractivity contribution in [2.45, 2.75) is 44.1 Å². The zero-order chi connectivity index (χ0) is 22.3. The van der Waals surface area contributed by atoms with Crippen LogP contribution in [0, 0.1) is 11.8 Å². The van der Waals surface area contributed by atoms with Crippen LogP contribution in [-0.2, 0) is 22.4 Å². The van der Waals surface area contributed by atoms with Crippen LogP contribution in [0.3, 0.4) is 0 Å². The Morgan fingerprint density at radius 3 is 2.44 bits per heavy atom. The Labute approximate surface area is 188 Å². The number of carbonyl (C=O) groups is 2. The lowest BCUT2D eigenvalue weighted by Gasteiger charge is -2.53. The van der Waals surface area contributed by atoms with Gasteiger partial charge in [-0.1, -0.05) is 24.3 Å². The van der Waals surface area contributed by atoms with Crippen molar-refractivity contribution in [3.05, 3.63) is 53.6 Å². The molecule has 2 aromatic rings. The summed E-state index contributed by atoms with van der Waals surface area (Å²) in [6.07, 6.45) is 4.94. The van der Waals surface area contributed by atoms with Crippen LogP contribution in [0.1, 0.15) is 36.8 Å². The summed E-state index contributed by atoms with van der Waals surface area (Å²) < 4.78 is 10.8. The topological polar surface area (TPSA) is 67.9 Å². The van der Waals surface area contributed by atoms with E-state index in [1.165, 1.54) is 11.1 Å². The number of nitrogens with one attached hydrogen (secondary N) is 1. The van der Waals surface area contributed by atoms with Crippen molar-refractivity contribution < 1.29 is 19.1 Å². The quantitative estimate of drug-likeness (QED) is 0.727. The molecule has 0 aromatic heterocycles. The molecule has 6 heteroatoms. The van der Waals surface area contributed by atoms with Gasteiger partial charge in [0.25, 0.3) is 0 Å². The summed E-state index contributed by atoms with van der Waals surface area (Å²) >= 11 is 0. The smallest absolute Gasteiger partial charge is 0.250 e. The van der Waals surface area contributed by atoms with Crippen molar-refractivity contribution in [1.29, 1.82) is 0 Å². The monoisotopic (exact) mass is 434 g/mol. The summed E-state index contributed by atoms with van der Waals surface area (Å²) in [6, 6.07) is 14.0. The van der Waals surface area contributed by atoms with Gasteiger partial charge in [0.05, 0.1) is 19.9 Å².